The van der Waals surface area contributed by atoms with Crippen LogP contribution in [0.3, 0.4) is 0 Å². The quantitative estimate of drug-likeness (QED) is 0.317. The highest BCUT2D eigenvalue weighted by Crippen LogP contribution is 2.19. The summed E-state index contributed by atoms with van der Waals surface area (Å²) in [7, 11) is 0. The zero-order valence-corrected chi connectivity index (χ0v) is 10.3. The first-order valence-electron chi connectivity index (χ1n) is 5.18. The van der Waals surface area contributed by atoms with Gasteiger partial charge in [0.15, 0.2) is 5.60 Å². The summed E-state index contributed by atoms with van der Waals surface area (Å²) in [6.07, 6.45) is 2.62. The van der Waals surface area contributed by atoms with Crippen LogP contribution in [0.5, 0.6) is 0 Å². The SMILES string of the molecule is CCCSN=CC(CC)(CC)OC(=O)O. The molecule has 0 saturated heterocycles. The zero-order chi connectivity index (χ0) is 11.7. The Balaban J connectivity index is 4.35. The molecular weight excluding hydrogens is 214 g/mol. The van der Waals surface area contributed by atoms with E-state index in [1.165, 1.54) is 11.9 Å². The largest absolute Gasteiger partial charge is 0.506 e. The van der Waals surface area contributed by atoms with Crippen molar-refractivity contribution in [2.24, 2.45) is 4.40 Å². The maximum atomic E-state index is 10.5. The van der Waals surface area contributed by atoms with Gasteiger partial charge in [-0.15, -0.1) is 0 Å². The Morgan fingerprint density at radius 1 is 1.47 bits per heavy atom. The van der Waals surface area contributed by atoms with E-state index in [-0.39, 0.29) is 0 Å². The minimum atomic E-state index is -1.24. The molecule has 15 heavy (non-hydrogen) atoms. The number of ether oxygens (including phenoxy) is 1. The van der Waals surface area contributed by atoms with Gasteiger partial charge in [0, 0.05) is 5.75 Å². The Morgan fingerprint density at radius 2 is 2.07 bits per heavy atom. The molecule has 0 unspecified atom stereocenters. The predicted molar refractivity (Wildman–Crippen MR) is 63.7 cm³/mol. The molecule has 88 valence electrons. The molecule has 0 atom stereocenters. The minimum Gasteiger partial charge on any atom is -0.450 e. The first kappa shape index (κ1) is 14.3. The predicted octanol–water partition coefficient (Wildman–Crippen LogP) is 3.37. The molecule has 0 amide bonds. The third-order valence-electron chi connectivity index (χ3n) is 2.15. The Kier molecular flexibility index (Phi) is 7.21. The molecule has 0 radical (unpaired) electrons. The number of nitrogens with zero attached hydrogens (tertiary/aromatic N) is 1. The summed E-state index contributed by atoms with van der Waals surface area (Å²) in [5.41, 5.74) is -0.757. The molecule has 0 aromatic rings. The molecule has 5 heteroatoms. The van der Waals surface area contributed by atoms with E-state index in [9.17, 15) is 4.79 Å². The first-order chi connectivity index (χ1) is 7.10. The van der Waals surface area contributed by atoms with Gasteiger partial charge in [-0.2, -0.15) is 0 Å². The van der Waals surface area contributed by atoms with Crippen molar-refractivity contribution in [2.45, 2.75) is 45.6 Å². The smallest absolute Gasteiger partial charge is 0.450 e. The summed E-state index contributed by atoms with van der Waals surface area (Å²) in [5, 5.41) is 8.62. The second kappa shape index (κ2) is 7.56. The number of carboxylic acid groups (broad SMARTS) is 1. The van der Waals surface area contributed by atoms with Crippen LogP contribution in [0.25, 0.3) is 0 Å². The second-order valence-electron chi connectivity index (χ2n) is 3.21. The van der Waals surface area contributed by atoms with Gasteiger partial charge < -0.3 is 9.84 Å². The van der Waals surface area contributed by atoms with Crippen LogP contribution in [-0.4, -0.2) is 28.8 Å². The molecule has 4 nitrogen and oxygen atoms in total. The van der Waals surface area contributed by atoms with Gasteiger partial charge in [0.2, 0.25) is 0 Å². The number of carbonyl (C=O) groups is 1. The third kappa shape index (κ3) is 5.67. The molecule has 0 bridgehead atoms. The van der Waals surface area contributed by atoms with Crippen molar-refractivity contribution in [3.05, 3.63) is 0 Å². The number of hydrogen-bond donors (Lipinski definition) is 1. The highest BCUT2D eigenvalue weighted by Gasteiger charge is 2.28. The molecule has 0 saturated carbocycles. The lowest BCUT2D eigenvalue weighted by molar-refractivity contribution is 0.0205. The molecule has 0 fully saturated rings. The topological polar surface area (TPSA) is 58.9 Å². The molecule has 0 aliphatic carbocycles. The van der Waals surface area contributed by atoms with E-state index in [4.69, 9.17) is 9.84 Å². The highest BCUT2D eigenvalue weighted by atomic mass is 32.2. The summed E-state index contributed by atoms with van der Waals surface area (Å²) >= 11 is 1.43. The Hall–Kier alpha value is -0.710. The van der Waals surface area contributed by atoms with Crippen molar-refractivity contribution in [1.82, 2.24) is 0 Å². The van der Waals surface area contributed by atoms with E-state index in [0.717, 1.165) is 12.2 Å². The lowest BCUT2D eigenvalue weighted by Gasteiger charge is -2.25. The fraction of sp³-hybridized carbons (Fsp3) is 0.800. The highest BCUT2D eigenvalue weighted by molar-refractivity contribution is 7.98. The second-order valence-corrected chi connectivity index (χ2v) is 4.08. The van der Waals surface area contributed by atoms with Crippen LogP contribution in [0.2, 0.25) is 0 Å². The molecule has 0 spiro atoms. The standard InChI is InChI=1S/C10H19NO3S/c1-4-7-15-11-8-10(5-2,6-3)14-9(12)13/h8H,4-7H2,1-3H3,(H,12,13). The molecule has 0 aromatic heterocycles. The normalized spacial score (nSPS) is 11.9. The molecule has 0 rings (SSSR count). The van der Waals surface area contributed by atoms with E-state index >= 15 is 0 Å². The summed E-state index contributed by atoms with van der Waals surface area (Å²) in [5.74, 6) is 0.938. The van der Waals surface area contributed by atoms with E-state index in [2.05, 4.69) is 11.3 Å². The van der Waals surface area contributed by atoms with Crippen molar-refractivity contribution in [3.8, 4) is 0 Å². The fourth-order valence-corrected chi connectivity index (χ4v) is 1.61. The van der Waals surface area contributed by atoms with Crippen molar-refractivity contribution < 1.29 is 14.6 Å². The third-order valence-corrected chi connectivity index (χ3v) is 2.99. The van der Waals surface area contributed by atoms with Crippen molar-refractivity contribution in [3.63, 3.8) is 0 Å². The van der Waals surface area contributed by atoms with Crippen LogP contribution in [0.4, 0.5) is 4.79 Å². The molecular formula is C10H19NO3S. The first-order valence-corrected chi connectivity index (χ1v) is 6.13. The monoisotopic (exact) mass is 233 g/mol. The van der Waals surface area contributed by atoms with E-state index in [1.807, 2.05) is 13.8 Å². The van der Waals surface area contributed by atoms with Crippen LogP contribution in [0.1, 0.15) is 40.0 Å². The van der Waals surface area contributed by atoms with E-state index < -0.39 is 11.8 Å². The Bertz CT molecular complexity index is 215. The molecule has 0 aliphatic rings. The van der Waals surface area contributed by atoms with Gasteiger partial charge in [-0.05, 0) is 31.2 Å². The summed E-state index contributed by atoms with van der Waals surface area (Å²) in [4.78, 5) is 10.5. The van der Waals surface area contributed by atoms with Crippen molar-refractivity contribution in [1.29, 1.82) is 0 Å². The van der Waals surface area contributed by atoms with Gasteiger partial charge in [-0.3, -0.25) is 0 Å². The molecule has 1 N–H and O–H groups in total. The zero-order valence-electron chi connectivity index (χ0n) is 9.52. The Labute approximate surface area is 95.2 Å². The molecule has 0 aliphatic heterocycles. The minimum absolute atomic E-state index is 0.603. The van der Waals surface area contributed by atoms with Crippen LogP contribution in [-0.2, 0) is 4.74 Å². The Morgan fingerprint density at radius 3 is 2.47 bits per heavy atom. The van der Waals surface area contributed by atoms with Gasteiger partial charge in [-0.1, -0.05) is 20.8 Å². The van der Waals surface area contributed by atoms with Gasteiger partial charge in [0.1, 0.15) is 0 Å². The maximum absolute atomic E-state index is 10.5. The fourth-order valence-electron chi connectivity index (χ4n) is 1.05. The number of hydrogen-bond acceptors (Lipinski definition) is 4. The van der Waals surface area contributed by atoms with Crippen LogP contribution < -0.4 is 0 Å². The van der Waals surface area contributed by atoms with Crippen LogP contribution >= 0.6 is 11.9 Å². The lowest BCUT2D eigenvalue weighted by atomic mass is 9.99. The van der Waals surface area contributed by atoms with Gasteiger partial charge >= 0.3 is 6.16 Å². The van der Waals surface area contributed by atoms with E-state index in [0.29, 0.717) is 12.8 Å². The van der Waals surface area contributed by atoms with Gasteiger partial charge in [0.05, 0.1) is 6.21 Å². The summed E-state index contributed by atoms with van der Waals surface area (Å²) in [6.45, 7) is 5.86. The van der Waals surface area contributed by atoms with Crippen molar-refractivity contribution in [2.75, 3.05) is 5.75 Å². The molecule has 0 aromatic carbocycles. The van der Waals surface area contributed by atoms with Gasteiger partial charge in [0.25, 0.3) is 0 Å². The van der Waals surface area contributed by atoms with E-state index in [1.54, 1.807) is 6.21 Å². The van der Waals surface area contributed by atoms with Gasteiger partial charge in [-0.25, -0.2) is 9.19 Å². The lowest BCUT2D eigenvalue weighted by Crippen LogP contribution is -2.35. The molecule has 0 heterocycles. The average molecular weight is 233 g/mol. The number of rotatable bonds is 7. The van der Waals surface area contributed by atoms with Crippen LogP contribution in [0, 0.1) is 0 Å². The summed E-state index contributed by atoms with van der Waals surface area (Å²) < 4.78 is 9.00. The van der Waals surface area contributed by atoms with Crippen LogP contribution in [0.15, 0.2) is 4.40 Å². The summed E-state index contributed by atoms with van der Waals surface area (Å²) in [6, 6.07) is 0. The van der Waals surface area contributed by atoms with Crippen molar-refractivity contribution >= 4 is 24.3 Å². The maximum Gasteiger partial charge on any atom is 0.506 e. The average Bonchev–Trinajstić information content (AvgIpc) is 2.22.